The van der Waals surface area contributed by atoms with E-state index in [-0.39, 0.29) is 4.90 Å². The normalized spacial score (nSPS) is 11.0. The van der Waals surface area contributed by atoms with Gasteiger partial charge in [-0.2, -0.15) is 17.6 Å². The van der Waals surface area contributed by atoms with Crippen molar-refractivity contribution in [1.82, 2.24) is 14.2 Å². The van der Waals surface area contributed by atoms with Crippen LogP contribution in [-0.4, -0.2) is 22.6 Å². The second kappa shape index (κ2) is 8.65. The van der Waals surface area contributed by atoms with Crippen LogP contribution >= 0.6 is 0 Å². The minimum Gasteiger partial charge on any atom is -0.264 e. The third-order valence-electron chi connectivity index (χ3n) is 4.04. The summed E-state index contributed by atoms with van der Waals surface area (Å²) in [5, 5.41) is 4.33. The van der Waals surface area contributed by atoms with Gasteiger partial charge in [0.2, 0.25) is 0 Å². The van der Waals surface area contributed by atoms with Gasteiger partial charge in [-0.1, -0.05) is 49.8 Å². The Morgan fingerprint density at radius 1 is 1.07 bits per heavy atom. The van der Waals surface area contributed by atoms with E-state index in [2.05, 4.69) is 28.8 Å². The van der Waals surface area contributed by atoms with Gasteiger partial charge in [-0.3, -0.25) is 4.98 Å². The minimum absolute atomic E-state index is 0.188. The highest BCUT2D eigenvalue weighted by Crippen LogP contribution is 2.23. The summed E-state index contributed by atoms with van der Waals surface area (Å²) in [7, 11) is -3.77. The van der Waals surface area contributed by atoms with Crippen LogP contribution in [0.15, 0.2) is 66.0 Å². The molecular formula is C21H21N3O2S. The van der Waals surface area contributed by atoms with Gasteiger partial charge >= 0.3 is 0 Å². The number of unbranched alkanes of at least 4 members (excludes halogenated alkanes) is 3. The first-order valence-electron chi connectivity index (χ1n) is 8.92. The van der Waals surface area contributed by atoms with Gasteiger partial charge in [0.1, 0.15) is 5.69 Å². The zero-order chi connectivity index (χ0) is 19.1. The molecule has 5 nitrogen and oxygen atoms in total. The lowest BCUT2D eigenvalue weighted by Crippen LogP contribution is -2.13. The summed E-state index contributed by atoms with van der Waals surface area (Å²) in [6.45, 7) is 2.15. The number of benzene rings is 1. The van der Waals surface area contributed by atoms with Crippen molar-refractivity contribution in [2.24, 2.45) is 0 Å². The standard InChI is InChI=1S/C21H21N3O2S/c1-2-3-4-5-7-11-19-17-24(23-21(19)18-12-10-15-22-16-18)27(25,26)20-13-8-6-9-14-20/h6,8-10,12-17H,2-5H2,1H3. The van der Waals surface area contributed by atoms with Crippen LogP contribution < -0.4 is 0 Å². The van der Waals surface area contributed by atoms with Crippen molar-refractivity contribution in [2.45, 2.75) is 37.5 Å². The van der Waals surface area contributed by atoms with Crippen LogP contribution in [0.25, 0.3) is 11.3 Å². The number of hydrogen-bond acceptors (Lipinski definition) is 4. The first-order valence-corrected chi connectivity index (χ1v) is 10.4. The summed E-state index contributed by atoms with van der Waals surface area (Å²) >= 11 is 0. The summed E-state index contributed by atoms with van der Waals surface area (Å²) in [5.74, 6) is 6.22. The Morgan fingerprint density at radius 3 is 2.59 bits per heavy atom. The predicted molar refractivity (Wildman–Crippen MR) is 106 cm³/mol. The van der Waals surface area contributed by atoms with E-state index in [1.807, 2.05) is 6.07 Å². The van der Waals surface area contributed by atoms with E-state index in [1.165, 1.54) is 6.20 Å². The second-order valence-corrected chi connectivity index (χ2v) is 7.88. The molecule has 0 fully saturated rings. The Morgan fingerprint density at radius 2 is 1.89 bits per heavy atom. The van der Waals surface area contributed by atoms with Crippen molar-refractivity contribution in [3.63, 3.8) is 0 Å². The molecule has 0 N–H and O–H groups in total. The van der Waals surface area contributed by atoms with Crippen molar-refractivity contribution in [3.8, 4) is 23.1 Å². The first kappa shape index (κ1) is 18.9. The molecule has 2 aromatic heterocycles. The summed E-state index contributed by atoms with van der Waals surface area (Å²) in [6.07, 6.45) is 8.87. The number of nitrogens with zero attached hydrogens (tertiary/aromatic N) is 3. The summed E-state index contributed by atoms with van der Waals surface area (Å²) in [6, 6.07) is 11.9. The van der Waals surface area contributed by atoms with E-state index in [4.69, 9.17) is 0 Å². The molecule has 6 heteroatoms. The van der Waals surface area contributed by atoms with Crippen LogP contribution in [0.3, 0.4) is 0 Å². The van der Waals surface area contributed by atoms with Crippen LogP contribution in [0.5, 0.6) is 0 Å². The zero-order valence-electron chi connectivity index (χ0n) is 15.2. The third kappa shape index (κ3) is 4.44. The van der Waals surface area contributed by atoms with Crippen LogP contribution in [0.2, 0.25) is 0 Å². The van der Waals surface area contributed by atoms with Crippen LogP contribution in [0, 0.1) is 11.8 Å². The van der Waals surface area contributed by atoms with Crippen LogP contribution in [-0.2, 0) is 10.0 Å². The van der Waals surface area contributed by atoms with Crippen molar-refractivity contribution >= 4 is 10.0 Å². The molecule has 27 heavy (non-hydrogen) atoms. The van der Waals surface area contributed by atoms with E-state index in [0.29, 0.717) is 11.3 Å². The lowest BCUT2D eigenvalue weighted by molar-refractivity contribution is 0.580. The molecule has 138 valence electrons. The maximum Gasteiger partial charge on any atom is 0.282 e. The average Bonchev–Trinajstić information content (AvgIpc) is 3.14. The molecule has 1 aromatic carbocycles. The van der Waals surface area contributed by atoms with Crippen molar-refractivity contribution in [2.75, 3.05) is 0 Å². The maximum atomic E-state index is 12.9. The van der Waals surface area contributed by atoms with Gasteiger partial charge in [-0.05, 0) is 30.7 Å². The Labute approximate surface area is 160 Å². The molecule has 0 amide bonds. The van der Waals surface area contributed by atoms with E-state index in [1.54, 1.807) is 48.8 Å². The molecule has 0 spiro atoms. The molecule has 0 aliphatic rings. The number of rotatable bonds is 6. The Bertz CT molecular complexity index is 1050. The molecule has 0 saturated heterocycles. The lowest BCUT2D eigenvalue weighted by atomic mass is 10.1. The summed E-state index contributed by atoms with van der Waals surface area (Å²) < 4.78 is 26.8. The molecule has 0 saturated carbocycles. The maximum absolute atomic E-state index is 12.9. The molecule has 0 atom stereocenters. The third-order valence-corrected chi connectivity index (χ3v) is 5.59. The molecule has 0 radical (unpaired) electrons. The van der Waals surface area contributed by atoms with Gasteiger partial charge in [-0.15, -0.1) is 0 Å². The SMILES string of the molecule is CCCCCC#Cc1cn(S(=O)(=O)c2ccccc2)nc1-c1cccnc1. The molecule has 0 aliphatic carbocycles. The average molecular weight is 379 g/mol. The van der Waals surface area contributed by atoms with E-state index >= 15 is 0 Å². The summed E-state index contributed by atoms with van der Waals surface area (Å²) in [5.41, 5.74) is 1.84. The zero-order valence-corrected chi connectivity index (χ0v) is 16.0. The predicted octanol–water partition coefficient (Wildman–Crippen LogP) is 4.11. The highest BCUT2D eigenvalue weighted by molar-refractivity contribution is 7.89. The van der Waals surface area contributed by atoms with E-state index in [0.717, 1.165) is 35.3 Å². The number of hydrogen-bond donors (Lipinski definition) is 0. The summed E-state index contributed by atoms with van der Waals surface area (Å²) in [4.78, 5) is 4.29. The fraction of sp³-hybridized carbons (Fsp3) is 0.238. The fourth-order valence-electron chi connectivity index (χ4n) is 2.61. The number of pyridine rings is 1. The Balaban J connectivity index is 2.02. The molecule has 0 unspecified atom stereocenters. The highest BCUT2D eigenvalue weighted by atomic mass is 32.2. The second-order valence-electron chi connectivity index (χ2n) is 6.08. The minimum atomic E-state index is -3.77. The monoisotopic (exact) mass is 379 g/mol. The van der Waals surface area contributed by atoms with Gasteiger partial charge in [0.05, 0.1) is 16.7 Å². The fourth-order valence-corrected chi connectivity index (χ4v) is 3.76. The van der Waals surface area contributed by atoms with Gasteiger partial charge in [-0.25, -0.2) is 0 Å². The van der Waals surface area contributed by atoms with Crippen molar-refractivity contribution < 1.29 is 8.42 Å². The molecule has 0 bridgehead atoms. The Kier molecular flexibility index (Phi) is 6.05. The van der Waals surface area contributed by atoms with Crippen molar-refractivity contribution in [1.29, 1.82) is 0 Å². The first-order chi connectivity index (χ1) is 13.1. The molecule has 3 aromatic rings. The smallest absolute Gasteiger partial charge is 0.264 e. The Hall–Kier alpha value is -2.91. The van der Waals surface area contributed by atoms with Gasteiger partial charge in [0, 0.05) is 24.4 Å². The molecule has 2 heterocycles. The quantitative estimate of drug-likeness (QED) is 0.477. The van der Waals surface area contributed by atoms with Gasteiger partial charge in [0.15, 0.2) is 0 Å². The topological polar surface area (TPSA) is 64.8 Å². The van der Waals surface area contributed by atoms with E-state index < -0.39 is 10.0 Å². The van der Waals surface area contributed by atoms with Crippen LogP contribution in [0.1, 0.15) is 38.2 Å². The molecular weight excluding hydrogens is 358 g/mol. The van der Waals surface area contributed by atoms with Gasteiger partial charge < -0.3 is 0 Å². The largest absolute Gasteiger partial charge is 0.282 e. The molecule has 3 rings (SSSR count). The lowest BCUT2D eigenvalue weighted by Gasteiger charge is -2.03. The highest BCUT2D eigenvalue weighted by Gasteiger charge is 2.21. The van der Waals surface area contributed by atoms with Crippen molar-refractivity contribution in [3.05, 3.63) is 66.6 Å². The van der Waals surface area contributed by atoms with E-state index in [9.17, 15) is 8.42 Å². The number of aromatic nitrogens is 3. The van der Waals surface area contributed by atoms with Crippen LogP contribution in [0.4, 0.5) is 0 Å². The molecule has 0 aliphatic heterocycles. The van der Waals surface area contributed by atoms with Gasteiger partial charge in [0.25, 0.3) is 10.0 Å².